The van der Waals surface area contributed by atoms with Crippen LogP contribution in [0, 0.1) is 29.1 Å². The van der Waals surface area contributed by atoms with Crippen LogP contribution in [0.1, 0.15) is 11.3 Å². The van der Waals surface area contributed by atoms with E-state index in [0.29, 0.717) is 10.2 Å². The number of nitrogens with two attached hydrogens (primary N) is 1. The molecule has 1 aromatic heterocycles. The number of aromatic nitrogens is 2. The first kappa shape index (κ1) is 13.8. The second kappa shape index (κ2) is 4.69. The highest BCUT2D eigenvalue weighted by molar-refractivity contribution is 5.48. The van der Waals surface area contributed by atoms with Crippen molar-refractivity contribution in [1.82, 2.24) is 9.78 Å². The smallest absolute Gasteiger partial charge is 0.200 e. The second-order valence-electron chi connectivity index (χ2n) is 4.44. The Balaban J connectivity index is 2.32. The molecule has 0 radical (unpaired) electrons. The Morgan fingerprint density at radius 1 is 0.952 bits per heavy atom. The SMILES string of the molecule is Nc1nn(-c2c(F)c(F)c(F)c(F)c2F)c2c1COCC2. The van der Waals surface area contributed by atoms with Crippen molar-refractivity contribution in [2.45, 2.75) is 13.0 Å². The van der Waals surface area contributed by atoms with E-state index in [9.17, 15) is 22.0 Å². The van der Waals surface area contributed by atoms with Crippen molar-refractivity contribution in [1.29, 1.82) is 0 Å². The number of nitrogens with zero attached hydrogens (tertiary/aromatic N) is 2. The first-order chi connectivity index (χ1) is 9.93. The Morgan fingerprint density at radius 3 is 2.14 bits per heavy atom. The van der Waals surface area contributed by atoms with Crippen LogP contribution in [0.15, 0.2) is 0 Å². The van der Waals surface area contributed by atoms with Crippen LogP contribution in [0.3, 0.4) is 0 Å². The van der Waals surface area contributed by atoms with Gasteiger partial charge in [0, 0.05) is 12.0 Å². The van der Waals surface area contributed by atoms with E-state index in [0.717, 1.165) is 0 Å². The van der Waals surface area contributed by atoms with Gasteiger partial charge >= 0.3 is 0 Å². The molecule has 0 spiro atoms. The molecular formula is C12H8F5N3O. The first-order valence-electron chi connectivity index (χ1n) is 5.89. The van der Waals surface area contributed by atoms with Crippen molar-refractivity contribution in [2.75, 3.05) is 12.3 Å². The molecule has 0 aliphatic carbocycles. The van der Waals surface area contributed by atoms with Crippen LogP contribution < -0.4 is 5.73 Å². The lowest BCUT2D eigenvalue weighted by Crippen LogP contribution is -2.16. The Morgan fingerprint density at radius 2 is 1.52 bits per heavy atom. The molecule has 0 saturated carbocycles. The molecule has 1 aliphatic rings. The molecule has 0 atom stereocenters. The Labute approximate surface area is 114 Å². The number of hydrogen-bond acceptors (Lipinski definition) is 3. The van der Waals surface area contributed by atoms with Crippen molar-refractivity contribution in [3.8, 4) is 5.69 Å². The molecule has 0 amide bonds. The summed E-state index contributed by atoms with van der Waals surface area (Å²) in [6.45, 7) is 0.296. The maximum atomic E-state index is 13.8. The van der Waals surface area contributed by atoms with Crippen LogP contribution in [0.4, 0.5) is 27.8 Å². The van der Waals surface area contributed by atoms with E-state index >= 15 is 0 Å². The molecular weight excluding hydrogens is 297 g/mol. The van der Waals surface area contributed by atoms with Gasteiger partial charge < -0.3 is 10.5 Å². The monoisotopic (exact) mass is 305 g/mol. The summed E-state index contributed by atoms with van der Waals surface area (Å²) in [6.07, 6.45) is 0.193. The van der Waals surface area contributed by atoms with Crippen molar-refractivity contribution in [2.24, 2.45) is 0 Å². The van der Waals surface area contributed by atoms with Crippen molar-refractivity contribution in [3.05, 3.63) is 40.3 Å². The van der Waals surface area contributed by atoms with Gasteiger partial charge in [0.25, 0.3) is 0 Å². The van der Waals surface area contributed by atoms with Gasteiger partial charge in [-0.25, -0.2) is 26.6 Å². The van der Waals surface area contributed by atoms with Crippen molar-refractivity contribution < 1.29 is 26.7 Å². The summed E-state index contributed by atoms with van der Waals surface area (Å²) >= 11 is 0. The molecule has 9 heteroatoms. The number of fused-ring (bicyclic) bond motifs is 1. The summed E-state index contributed by atoms with van der Waals surface area (Å²) in [4.78, 5) is 0. The average Bonchev–Trinajstić information content (AvgIpc) is 2.81. The fourth-order valence-electron chi connectivity index (χ4n) is 2.23. The van der Waals surface area contributed by atoms with Gasteiger partial charge in [0.2, 0.25) is 5.82 Å². The van der Waals surface area contributed by atoms with Gasteiger partial charge in [0.15, 0.2) is 29.1 Å². The van der Waals surface area contributed by atoms with Crippen molar-refractivity contribution in [3.63, 3.8) is 0 Å². The molecule has 2 N–H and O–H groups in total. The van der Waals surface area contributed by atoms with Crippen LogP contribution in [-0.2, 0) is 17.8 Å². The van der Waals surface area contributed by atoms with Crippen LogP contribution in [-0.4, -0.2) is 16.4 Å². The van der Waals surface area contributed by atoms with E-state index in [1.807, 2.05) is 0 Å². The van der Waals surface area contributed by atoms with Crippen LogP contribution in [0.5, 0.6) is 0 Å². The molecule has 1 aliphatic heterocycles. The Kier molecular flexibility index (Phi) is 3.08. The Hall–Kier alpha value is -2.16. The summed E-state index contributed by atoms with van der Waals surface area (Å²) in [5.41, 5.74) is 5.10. The third-order valence-electron chi connectivity index (χ3n) is 3.25. The lowest BCUT2D eigenvalue weighted by molar-refractivity contribution is 0.110. The van der Waals surface area contributed by atoms with Gasteiger partial charge in [0.05, 0.1) is 18.9 Å². The minimum absolute atomic E-state index is 0.0660. The molecule has 21 heavy (non-hydrogen) atoms. The fraction of sp³-hybridized carbons (Fsp3) is 0.250. The summed E-state index contributed by atoms with van der Waals surface area (Å²) in [6, 6.07) is 0. The number of nitrogen functional groups attached to an aromatic ring is 1. The van der Waals surface area contributed by atoms with Crippen LogP contribution >= 0.6 is 0 Å². The zero-order valence-electron chi connectivity index (χ0n) is 10.4. The quantitative estimate of drug-likeness (QED) is 0.499. The van der Waals surface area contributed by atoms with Gasteiger partial charge in [-0.15, -0.1) is 5.10 Å². The third kappa shape index (κ3) is 1.88. The largest absolute Gasteiger partial charge is 0.382 e. The maximum absolute atomic E-state index is 13.8. The van der Waals surface area contributed by atoms with Gasteiger partial charge in [0.1, 0.15) is 5.69 Å². The van der Waals surface area contributed by atoms with Gasteiger partial charge in [-0.1, -0.05) is 0 Å². The lowest BCUT2D eigenvalue weighted by atomic mass is 10.1. The number of ether oxygens (including phenoxy) is 1. The molecule has 2 aromatic rings. The van der Waals surface area contributed by atoms with Gasteiger partial charge in [-0.2, -0.15) is 0 Å². The number of hydrogen-bond donors (Lipinski definition) is 1. The average molecular weight is 305 g/mol. The van der Waals surface area contributed by atoms with E-state index in [4.69, 9.17) is 10.5 Å². The maximum Gasteiger partial charge on any atom is 0.200 e. The number of anilines is 1. The summed E-state index contributed by atoms with van der Waals surface area (Å²) < 4.78 is 73.0. The summed E-state index contributed by atoms with van der Waals surface area (Å²) in [5.74, 6) is -10.3. The minimum Gasteiger partial charge on any atom is -0.382 e. The molecule has 0 unspecified atom stereocenters. The number of rotatable bonds is 1. The zero-order chi connectivity index (χ0) is 15.3. The minimum atomic E-state index is -2.22. The Bertz CT molecular complexity index is 714. The zero-order valence-corrected chi connectivity index (χ0v) is 10.4. The molecule has 0 saturated heterocycles. The molecule has 0 bridgehead atoms. The highest BCUT2D eigenvalue weighted by atomic mass is 19.2. The number of benzene rings is 1. The molecule has 4 nitrogen and oxygen atoms in total. The van der Waals surface area contributed by atoms with E-state index in [-0.39, 0.29) is 31.1 Å². The molecule has 2 heterocycles. The lowest BCUT2D eigenvalue weighted by Gasteiger charge is -2.15. The van der Waals surface area contributed by atoms with E-state index < -0.39 is 34.8 Å². The highest BCUT2D eigenvalue weighted by Crippen LogP contribution is 2.30. The molecule has 0 fully saturated rings. The normalized spacial score (nSPS) is 14.3. The van der Waals surface area contributed by atoms with Gasteiger partial charge in [-0.3, -0.25) is 0 Å². The second-order valence-corrected chi connectivity index (χ2v) is 4.44. The topological polar surface area (TPSA) is 53.1 Å². The standard InChI is InChI=1S/C12H8F5N3O/c13-6-7(14)9(16)11(10(17)8(6)15)20-5-1-2-21-3-4(5)12(18)19-20/h1-3H2,(H2,18,19). The first-order valence-corrected chi connectivity index (χ1v) is 5.89. The molecule has 1 aromatic carbocycles. The van der Waals surface area contributed by atoms with E-state index in [1.54, 1.807) is 0 Å². The summed E-state index contributed by atoms with van der Waals surface area (Å²) in [7, 11) is 0. The van der Waals surface area contributed by atoms with E-state index in [1.165, 1.54) is 0 Å². The van der Waals surface area contributed by atoms with Crippen LogP contribution in [0.2, 0.25) is 0 Å². The predicted molar refractivity (Wildman–Crippen MR) is 61.1 cm³/mol. The van der Waals surface area contributed by atoms with E-state index in [2.05, 4.69) is 5.10 Å². The fourth-order valence-corrected chi connectivity index (χ4v) is 2.23. The molecule has 3 rings (SSSR count). The summed E-state index contributed by atoms with van der Waals surface area (Å²) in [5, 5.41) is 3.67. The highest BCUT2D eigenvalue weighted by Gasteiger charge is 2.30. The number of halogens is 5. The van der Waals surface area contributed by atoms with Crippen molar-refractivity contribution >= 4 is 5.82 Å². The third-order valence-corrected chi connectivity index (χ3v) is 3.25. The van der Waals surface area contributed by atoms with Gasteiger partial charge in [-0.05, 0) is 0 Å². The van der Waals surface area contributed by atoms with Crippen LogP contribution in [0.25, 0.3) is 5.69 Å². The predicted octanol–water partition coefficient (Wildman–Crippen LogP) is 2.22. The molecule has 112 valence electrons.